The standard InChI is InChI=1S/C24H25N3O4/c1-13(2)15-5-8-17(9-6-15)24(4)22(30)27(23(31)26-24)12-20(28)16-7-10-19-18(11-16)14(3)21(29)25-19/h5-11,13-14H,12H2,1-4H3,(H,25,29)(H,26,31)/t14-,24-/m0/s1. The number of hydrogen-bond acceptors (Lipinski definition) is 4. The number of nitrogens with one attached hydrogen (secondary N) is 2. The number of urea groups is 1. The average molecular weight is 419 g/mol. The van der Waals surface area contributed by atoms with Crippen LogP contribution in [0.2, 0.25) is 0 Å². The molecule has 2 atom stereocenters. The molecule has 2 heterocycles. The number of fused-ring (bicyclic) bond motifs is 1. The van der Waals surface area contributed by atoms with Gasteiger partial charge < -0.3 is 10.6 Å². The third-order valence-electron chi connectivity index (χ3n) is 6.22. The highest BCUT2D eigenvalue weighted by atomic mass is 16.2. The summed E-state index contributed by atoms with van der Waals surface area (Å²) in [6.07, 6.45) is 0. The maximum absolute atomic E-state index is 13.1. The number of hydrogen-bond donors (Lipinski definition) is 2. The fourth-order valence-electron chi connectivity index (χ4n) is 4.06. The number of ketones is 1. The van der Waals surface area contributed by atoms with Crippen molar-refractivity contribution < 1.29 is 19.2 Å². The van der Waals surface area contributed by atoms with Crippen molar-refractivity contribution in [2.75, 3.05) is 11.9 Å². The first-order valence-corrected chi connectivity index (χ1v) is 10.3. The second-order valence-electron chi connectivity index (χ2n) is 8.66. The van der Waals surface area contributed by atoms with Gasteiger partial charge >= 0.3 is 6.03 Å². The van der Waals surface area contributed by atoms with Crippen LogP contribution in [0.3, 0.4) is 0 Å². The van der Waals surface area contributed by atoms with Crippen molar-refractivity contribution in [1.82, 2.24) is 10.2 Å². The summed E-state index contributed by atoms with van der Waals surface area (Å²) in [7, 11) is 0. The highest BCUT2D eigenvalue weighted by Gasteiger charge is 2.49. The summed E-state index contributed by atoms with van der Waals surface area (Å²) in [5.41, 5.74) is 2.36. The van der Waals surface area contributed by atoms with E-state index in [-0.39, 0.29) is 24.2 Å². The third-order valence-corrected chi connectivity index (χ3v) is 6.22. The predicted molar refractivity (Wildman–Crippen MR) is 116 cm³/mol. The van der Waals surface area contributed by atoms with Crippen LogP contribution in [-0.4, -0.2) is 35.1 Å². The highest BCUT2D eigenvalue weighted by Crippen LogP contribution is 2.33. The lowest BCUT2D eigenvalue weighted by Gasteiger charge is -2.22. The molecule has 160 valence electrons. The van der Waals surface area contributed by atoms with E-state index in [1.807, 2.05) is 24.3 Å². The van der Waals surface area contributed by atoms with Crippen molar-refractivity contribution in [3.8, 4) is 0 Å². The van der Waals surface area contributed by atoms with Gasteiger partial charge in [0, 0.05) is 11.3 Å². The monoisotopic (exact) mass is 419 g/mol. The highest BCUT2D eigenvalue weighted by molar-refractivity contribution is 6.11. The molecule has 0 spiro atoms. The molecule has 7 heteroatoms. The normalized spacial score (nSPS) is 22.5. The number of benzene rings is 2. The molecule has 2 aliphatic heterocycles. The van der Waals surface area contributed by atoms with Gasteiger partial charge in [-0.3, -0.25) is 19.3 Å². The fraction of sp³-hybridized carbons (Fsp3) is 0.333. The average Bonchev–Trinajstić information content (AvgIpc) is 3.15. The second kappa shape index (κ2) is 7.34. The molecule has 0 saturated carbocycles. The molecule has 0 radical (unpaired) electrons. The number of imide groups is 1. The molecule has 4 rings (SSSR count). The van der Waals surface area contributed by atoms with Crippen molar-refractivity contribution >= 4 is 29.3 Å². The molecule has 1 saturated heterocycles. The molecule has 7 nitrogen and oxygen atoms in total. The predicted octanol–water partition coefficient (Wildman–Crippen LogP) is 3.52. The third kappa shape index (κ3) is 3.40. The largest absolute Gasteiger partial charge is 0.325 e. The first-order valence-electron chi connectivity index (χ1n) is 10.3. The number of carbonyl (C=O) groups excluding carboxylic acids is 4. The van der Waals surface area contributed by atoms with Gasteiger partial charge in [0.15, 0.2) is 5.78 Å². The van der Waals surface area contributed by atoms with Crippen LogP contribution in [0.5, 0.6) is 0 Å². The Balaban J connectivity index is 1.55. The van der Waals surface area contributed by atoms with Gasteiger partial charge in [-0.05, 0) is 54.7 Å². The van der Waals surface area contributed by atoms with E-state index in [2.05, 4.69) is 24.5 Å². The minimum absolute atomic E-state index is 0.118. The quantitative estimate of drug-likeness (QED) is 0.573. The van der Waals surface area contributed by atoms with Crippen molar-refractivity contribution in [3.63, 3.8) is 0 Å². The smallest absolute Gasteiger partial charge is 0.325 e. The zero-order chi connectivity index (χ0) is 22.5. The van der Waals surface area contributed by atoms with Gasteiger partial charge in [0.25, 0.3) is 5.91 Å². The molecule has 2 N–H and O–H groups in total. The molecular weight excluding hydrogens is 394 g/mol. The topological polar surface area (TPSA) is 95.6 Å². The van der Waals surface area contributed by atoms with Crippen molar-refractivity contribution in [1.29, 1.82) is 0 Å². The van der Waals surface area contributed by atoms with Gasteiger partial charge in [-0.25, -0.2) is 4.79 Å². The second-order valence-corrected chi connectivity index (χ2v) is 8.66. The Morgan fingerprint density at radius 1 is 1.10 bits per heavy atom. The maximum Gasteiger partial charge on any atom is 0.325 e. The lowest BCUT2D eigenvalue weighted by Crippen LogP contribution is -2.41. The van der Waals surface area contributed by atoms with E-state index in [1.54, 1.807) is 32.0 Å². The van der Waals surface area contributed by atoms with Gasteiger partial charge in [-0.15, -0.1) is 0 Å². The van der Waals surface area contributed by atoms with Crippen LogP contribution in [0, 0.1) is 0 Å². The lowest BCUT2D eigenvalue weighted by molar-refractivity contribution is -0.130. The SMILES string of the molecule is CC(C)c1ccc([C@]2(C)NC(=O)N(CC(=O)c3ccc4c(c3)[C@H](C)C(=O)N4)C2=O)cc1. The van der Waals surface area contributed by atoms with Crippen molar-refractivity contribution in [2.45, 2.75) is 45.1 Å². The van der Waals surface area contributed by atoms with Crippen molar-refractivity contribution in [2.24, 2.45) is 0 Å². The summed E-state index contributed by atoms with van der Waals surface area (Å²) >= 11 is 0. The number of amides is 4. The van der Waals surface area contributed by atoms with E-state index in [4.69, 9.17) is 0 Å². The minimum Gasteiger partial charge on any atom is -0.325 e. The molecular formula is C24H25N3O4. The zero-order valence-corrected chi connectivity index (χ0v) is 18.0. The Hall–Kier alpha value is -3.48. The van der Waals surface area contributed by atoms with E-state index in [0.29, 0.717) is 22.7 Å². The number of carbonyl (C=O) groups is 4. The van der Waals surface area contributed by atoms with Gasteiger partial charge in [0.2, 0.25) is 5.91 Å². The molecule has 2 aliphatic rings. The van der Waals surface area contributed by atoms with Crippen LogP contribution in [0.4, 0.5) is 10.5 Å². The van der Waals surface area contributed by atoms with Gasteiger partial charge in [-0.1, -0.05) is 38.1 Å². The minimum atomic E-state index is -1.23. The van der Waals surface area contributed by atoms with Crippen LogP contribution in [0.25, 0.3) is 0 Å². The molecule has 0 aliphatic carbocycles. The van der Waals surface area contributed by atoms with E-state index in [1.165, 1.54) is 0 Å². The zero-order valence-electron chi connectivity index (χ0n) is 18.0. The molecule has 2 aromatic rings. The Bertz CT molecular complexity index is 1110. The van der Waals surface area contributed by atoms with Crippen molar-refractivity contribution in [3.05, 3.63) is 64.7 Å². The molecule has 0 aromatic heterocycles. The molecule has 0 bridgehead atoms. The van der Waals surface area contributed by atoms with Gasteiger partial charge in [-0.2, -0.15) is 0 Å². The van der Waals surface area contributed by atoms with Gasteiger partial charge in [0.05, 0.1) is 12.5 Å². The molecule has 2 aromatic carbocycles. The Morgan fingerprint density at radius 2 is 1.77 bits per heavy atom. The Morgan fingerprint density at radius 3 is 2.42 bits per heavy atom. The van der Waals surface area contributed by atoms with Gasteiger partial charge in [0.1, 0.15) is 5.54 Å². The first-order chi connectivity index (χ1) is 14.6. The molecule has 1 fully saturated rings. The van der Waals surface area contributed by atoms with E-state index >= 15 is 0 Å². The molecule has 4 amide bonds. The van der Waals surface area contributed by atoms with Crippen LogP contribution in [0.1, 0.15) is 66.6 Å². The number of anilines is 1. The summed E-state index contributed by atoms with van der Waals surface area (Å²) in [5, 5.41) is 5.50. The number of nitrogens with zero attached hydrogens (tertiary/aromatic N) is 1. The van der Waals surface area contributed by atoms with Crippen LogP contribution in [0.15, 0.2) is 42.5 Å². The maximum atomic E-state index is 13.1. The number of Topliss-reactive ketones (excluding diaryl/α,β-unsaturated/α-hetero) is 1. The Kier molecular flexibility index (Phi) is 4.92. The summed E-state index contributed by atoms with van der Waals surface area (Å²) in [6, 6.07) is 11.9. The van der Waals surface area contributed by atoms with Crippen LogP contribution < -0.4 is 10.6 Å². The lowest BCUT2D eigenvalue weighted by atomic mass is 9.90. The fourth-order valence-corrected chi connectivity index (χ4v) is 4.06. The summed E-state index contributed by atoms with van der Waals surface area (Å²) in [5.74, 6) is -0.943. The summed E-state index contributed by atoms with van der Waals surface area (Å²) < 4.78 is 0. The Labute approximate surface area is 180 Å². The summed E-state index contributed by atoms with van der Waals surface area (Å²) in [4.78, 5) is 51.4. The summed E-state index contributed by atoms with van der Waals surface area (Å²) in [6.45, 7) is 7.22. The van der Waals surface area contributed by atoms with E-state index in [9.17, 15) is 19.2 Å². The van der Waals surface area contributed by atoms with E-state index < -0.39 is 17.5 Å². The first kappa shape index (κ1) is 20.8. The molecule has 0 unspecified atom stereocenters. The van der Waals surface area contributed by atoms with Crippen LogP contribution in [-0.2, 0) is 15.1 Å². The molecule has 31 heavy (non-hydrogen) atoms. The van der Waals surface area contributed by atoms with Crippen LogP contribution >= 0.6 is 0 Å². The number of rotatable bonds is 5. The van der Waals surface area contributed by atoms with E-state index in [0.717, 1.165) is 16.0 Å².